The predicted molar refractivity (Wildman–Crippen MR) is 113 cm³/mol. The van der Waals surface area contributed by atoms with E-state index in [-0.39, 0.29) is 18.4 Å². The van der Waals surface area contributed by atoms with Crippen LogP contribution in [0.2, 0.25) is 0 Å². The van der Waals surface area contributed by atoms with E-state index in [1.165, 1.54) is 0 Å². The summed E-state index contributed by atoms with van der Waals surface area (Å²) in [5, 5.41) is 4.11. The Morgan fingerprint density at radius 1 is 1.06 bits per heavy atom. The molecule has 8 nitrogen and oxygen atoms in total. The van der Waals surface area contributed by atoms with Crippen molar-refractivity contribution in [3.63, 3.8) is 0 Å². The lowest BCUT2D eigenvalue weighted by atomic mass is 10.1. The largest absolute Gasteiger partial charge is 0.497 e. The number of methoxy groups -OCH3 is 3. The van der Waals surface area contributed by atoms with Crippen LogP contribution in [0.25, 0.3) is 11.4 Å². The molecule has 4 rings (SSSR count). The second kappa shape index (κ2) is 9.07. The number of amides is 1. The van der Waals surface area contributed by atoms with Crippen molar-refractivity contribution in [1.82, 2.24) is 15.0 Å². The molecule has 3 aromatic rings. The van der Waals surface area contributed by atoms with Crippen LogP contribution in [-0.4, -0.2) is 48.8 Å². The topological polar surface area (TPSA) is 86.9 Å². The van der Waals surface area contributed by atoms with Crippen LogP contribution in [0.5, 0.6) is 17.2 Å². The van der Waals surface area contributed by atoms with Crippen molar-refractivity contribution in [2.24, 2.45) is 0 Å². The van der Waals surface area contributed by atoms with Crippen LogP contribution in [0.4, 0.5) is 0 Å². The average Bonchev–Trinajstić information content (AvgIpc) is 3.48. The normalized spacial score (nSPS) is 15.7. The lowest BCUT2D eigenvalue weighted by Gasteiger charge is -2.22. The first-order valence-corrected chi connectivity index (χ1v) is 10.1. The molecule has 1 amide bonds. The fourth-order valence-electron chi connectivity index (χ4n) is 3.82. The SMILES string of the molecule is COc1ccc(-c2noc([C@@H]3CCCN3C(=O)Cc3ccc(OC)c(OC)c3)n2)cc1. The van der Waals surface area contributed by atoms with E-state index in [9.17, 15) is 4.79 Å². The molecule has 1 saturated heterocycles. The molecule has 1 fully saturated rings. The molecule has 0 N–H and O–H groups in total. The van der Waals surface area contributed by atoms with E-state index < -0.39 is 0 Å². The molecule has 0 spiro atoms. The lowest BCUT2D eigenvalue weighted by Crippen LogP contribution is -2.32. The van der Waals surface area contributed by atoms with Crippen molar-refractivity contribution >= 4 is 5.91 Å². The molecule has 2 aromatic carbocycles. The molecule has 162 valence electrons. The summed E-state index contributed by atoms with van der Waals surface area (Å²) in [7, 11) is 4.78. The minimum Gasteiger partial charge on any atom is -0.497 e. The number of hydrogen-bond acceptors (Lipinski definition) is 7. The summed E-state index contributed by atoms with van der Waals surface area (Å²) < 4.78 is 21.3. The number of rotatable bonds is 7. The van der Waals surface area contributed by atoms with Crippen LogP contribution in [-0.2, 0) is 11.2 Å². The molecule has 0 radical (unpaired) electrons. The number of hydrogen-bond donors (Lipinski definition) is 0. The van der Waals surface area contributed by atoms with E-state index in [4.69, 9.17) is 18.7 Å². The summed E-state index contributed by atoms with van der Waals surface area (Å²) >= 11 is 0. The molecule has 0 bridgehead atoms. The van der Waals surface area contributed by atoms with Gasteiger partial charge in [-0.25, -0.2) is 0 Å². The van der Waals surface area contributed by atoms with Gasteiger partial charge in [0.25, 0.3) is 0 Å². The predicted octanol–water partition coefficient (Wildman–Crippen LogP) is 3.67. The van der Waals surface area contributed by atoms with E-state index in [0.29, 0.717) is 29.8 Å². The lowest BCUT2D eigenvalue weighted by molar-refractivity contribution is -0.131. The zero-order chi connectivity index (χ0) is 21.8. The maximum absolute atomic E-state index is 13.1. The summed E-state index contributed by atoms with van der Waals surface area (Å²) in [6, 6.07) is 12.7. The van der Waals surface area contributed by atoms with Gasteiger partial charge in [0.2, 0.25) is 17.6 Å². The minimum atomic E-state index is -0.216. The fourth-order valence-corrected chi connectivity index (χ4v) is 3.82. The van der Waals surface area contributed by atoms with Gasteiger partial charge in [-0.2, -0.15) is 4.98 Å². The average molecular weight is 423 g/mol. The molecule has 0 aliphatic carbocycles. The summed E-state index contributed by atoms with van der Waals surface area (Å²) in [5.74, 6) is 2.97. The van der Waals surface area contributed by atoms with Gasteiger partial charge in [0, 0.05) is 12.1 Å². The highest BCUT2D eigenvalue weighted by Gasteiger charge is 2.34. The molecule has 1 atom stereocenters. The van der Waals surface area contributed by atoms with Gasteiger partial charge in [0.15, 0.2) is 11.5 Å². The van der Waals surface area contributed by atoms with Gasteiger partial charge < -0.3 is 23.6 Å². The Kier molecular flexibility index (Phi) is 6.06. The number of nitrogens with zero attached hydrogens (tertiary/aromatic N) is 3. The third-order valence-corrected chi connectivity index (χ3v) is 5.45. The van der Waals surface area contributed by atoms with Crippen LogP contribution in [0, 0.1) is 0 Å². The van der Waals surface area contributed by atoms with Crippen molar-refractivity contribution < 1.29 is 23.5 Å². The first-order chi connectivity index (χ1) is 15.1. The Bertz CT molecular complexity index is 1050. The Morgan fingerprint density at radius 3 is 2.55 bits per heavy atom. The molecule has 31 heavy (non-hydrogen) atoms. The monoisotopic (exact) mass is 423 g/mol. The molecular formula is C23H25N3O5. The van der Waals surface area contributed by atoms with Gasteiger partial charge in [-0.05, 0) is 54.8 Å². The van der Waals surface area contributed by atoms with Gasteiger partial charge in [-0.3, -0.25) is 4.79 Å². The van der Waals surface area contributed by atoms with Gasteiger partial charge in [-0.1, -0.05) is 11.2 Å². The molecule has 8 heteroatoms. The Morgan fingerprint density at radius 2 is 1.84 bits per heavy atom. The number of carbonyl (C=O) groups is 1. The Balaban J connectivity index is 1.49. The second-order valence-corrected chi connectivity index (χ2v) is 7.30. The van der Waals surface area contributed by atoms with Crippen LogP contribution in [0.1, 0.15) is 30.3 Å². The van der Waals surface area contributed by atoms with Crippen molar-refractivity contribution in [3.05, 3.63) is 53.9 Å². The zero-order valence-corrected chi connectivity index (χ0v) is 17.8. The molecule has 0 saturated carbocycles. The number of ether oxygens (including phenoxy) is 3. The first-order valence-electron chi connectivity index (χ1n) is 10.1. The quantitative estimate of drug-likeness (QED) is 0.573. The molecule has 0 unspecified atom stereocenters. The van der Waals surface area contributed by atoms with Gasteiger partial charge in [-0.15, -0.1) is 0 Å². The fraction of sp³-hybridized carbons (Fsp3) is 0.348. The highest BCUT2D eigenvalue weighted by molar-refractivity contribution is 5.79. The maximum Gasteiger partial charge on any atom is 0.249 e. The highest BCUT2D eigenvalue weighted by Crippen LogP contribution is 2.33. The Labute approximate surface area is 180 Å². The van der Waals surface area contributed by atoms with E-state index in [1.807, 2.05) is 47.4 Å². The summed E-state index contributed by atoms with van der Waals surface area (Å²) in [4.78, 5) is 19.4. The number of likely N-dealkylation sites (tertiary alicyclic amines) is 1. The van der Waals surface area contributed by atoms with Crippen LogP contribution >= 0.6 is 0 Å². The van der Waals surface area contributed by atoms with Crippen LogP contribution < -0.4 is 14.2 Å². The van der Waals surface area contributed by atoms with Crippen LogP contribution in [0.15, 0.2) is 47.0 Å². The smallest absolute Gasteiger partial charge is 0.249 e. The zero-order valence-electron chi connectivity index (χ0n) is 17.8. The van der Waals surface area contributed by atoms with E-state index >= 15 is 0 Å². The maximum atomic E-state index is 13.1. The van der Waals surface area contributed by atoms with Gasteiger partial charge >= 0.3 is 0 Å². The third kappa shape index (κ3) is 4.33. The molecule has 1 aromatic heterocycles. The standard InChI is InChI=1S/C23H25N3O5/c1-28-17-9-7-16(8-10-17)22-24-23(31-25-22)18-5-4-12-26(18)21(27)14-15-6-11-19(29-2)20(13-15)30-3/h6-11,13,18H,4-5,12,14H2,1-3H3/t18-/m0/s1. The number of carbonyl (C=O) groups excluding carboxylic acids is 1. The second-order valence-electron chi connectivity index (χ2n) is 7.30. The van der Waals surface area contributed by atoms with Crippen molar-refractivity contribution in [3.8, 4) is 28.6 Å². The number of benzene rings is 2. The minimum absolute atomic E-state index is 0.0129. The molecule has 1 aliphatic heterocycles. The summed E-state index contributed by atoms with van der Waals surface area (Å²) in [6.45, 7) is 0.664. The van der Waals surface area contributed by atoms with Crippen molar-refractivity contribution in [1.29, 1.82) is 0 Å². The highest BCUT2D eigenvalue weighted by atomic mass is 16.5. The molecule has 1 aliphatic rings. The first kappa shape index (κ1) is 20.7. The summed E-state index contributed by atoms with van der Waals surface area (Å²) in [6.07, 6.45) is 1.95. The van der Waals surface area contributed by atoms with Crippen molar-refractivity contribution in [2.75, 3.05) is 27.9 Å². The summed E-state index contributed by atoms with van der Waals surface area (Å²) in [5.41, 5.74) is 1.69. The van der Waals surface area contributed by atoms with Gasteiger partial charge in [0.1, 0.15) is 11.8 Å². The number of aromatic nitrogens is 2. The van der Waals surface area contributed by atoms with E-state index in [1.54, 1.807) is 21.3 Å². The molecule has 2 heterocycles. The van der Waals surface area contributed by atoms with E-state index in [0.717, 1.165) is 29.7 Å². The Hall–Kier alpha value is -3.55. The van der Waals surface area contributed by atoms with Crippen LogP contribution in [0.3, 0.4) is 0 Å². The van der Waals surface area contributed by atoms with E-state index in [2.05, 4.69) is 10.1 Å². The van der Waals surface area contributed by atoms with Gasteiger partial charge in [0.05, 0.1) is 27.8 Å². The molecular weight excluding hydrogens is 398 g/mol. The van der Waals surface area contributed by atoms with Crippen molar-refractivity contribution in [2.45, 2.75) is 25.3 Å². The third-order valence-electron chi connectivity index (χ3n) is 5.45.